The molecule has 0 radical (unpaired) electrons. The van der Waals surface area contributed by atoms with E-state index in [2.05, 4.69) is 34.4 Å². The highest BCUT2D eigenvalue weighted by Crippen LogP contribution is 2.33. The Morgan fingerprint density at radius 3 is 2.74 bits per heavy atom. The molecule has 0 saturated heterocycles. The molecular weight excluding hydrogens is 358 g/mol. The lowest BCUT2D eigenvalue weighted by Crippen LogP contribution is -1.94. The quantitative estimate of drug-likeness (QED) is 0.422. The first-order valence-electron chi connectivity index (χ1n) is 8.69. The fraction of sp³-hybridized carbons (Fsp3) is 0.0455. The Bertz CT molecular complexity index is 1290. The maximum atomic E-state index is 6.13. The summed E-state index contributed by atoms with van der Waals surface area (Å²) in [7, 11) is 0. The number of nitrogens with one attached hydrogen (secondary N) is 1. The topological polar surface area (TPSA) is 67.8 Å². The number of benzene rings is 3. The fourth-order valence-electron chi connectivity index (χ4n) is 3.41. The van der Waals surface area contributed by atoms with Gasteiger partial charge in [0.2, 0.25) is 0 Å². The summed E-state index contributed by atoms with van der Waals surface area (Å²) in [6.07, 6.45) is 0. The lowest BCUT2D eigenvalue weighted by atomic mass is 10.0. The molecule has 0 fully saturated rings. The van der Waals surface area contributed by atoms with Crippen LogP contribution < -0.4 is 5.73 Å². The van der Waals surface area contributed by atoms with E-state index in [1.807, 2.05) is 42.5 Å². The van der Waals surface area contributed by atoms with E-state index in [-0.39, 0.29) is 0 Å². The Morgan fingerprint density at radius 2 is 1.89 bits per heavy atom. The third-order valence-electron chi connectivity index (χ3n) is 4.80. The zero-order chi connectivity index (χ0) is 18.4. The predicted octanol–water partition coefficient (Wildman–Crippen LogP) is 5.76. The van der Waals surface area contributed by atoms with Gasteiger partial charge in [0, 0.05) is 33.7 Å². The van der Waals surface area contributed by atoms with Gasteiger partial charge in [-0.25, -0.2) is 0 Å². The van der Waals surface area contributed by atoms with Gasteiger partial charge in [-0.3, -0.25) is 0 Å². The molecule has 2 aromatic heterocycles. The fourth-order valence-corrected chi connectivity index (χ4v) is 3.60. The van der Waals surface area contributed by atoms with Crippen molar-refractivity contribution in [1.29, 1.82) is 0 Å². The highest BCUT2D eigenvalue weighted by Gasteiger charge is 2.13. The van der Waals surface area contributed by atoms with Gasteiger partial charge in [0.1, 0.15) is 5.52 Å². The minimum Gasteiger partial charge on any atom is -0.355 e. The van der Waals surface area contributed by atoms with Crippen LogP contribution in [0.25, 0.3) is 44.4 Å². The SMILES string of the molecule is NCc1ccc2[nH]c(-c3ccc4noc(-c5cccc(Cl)c5)c4c3)cc2c1. The van der Waals surface area contributed by atoms with Gasteiger partial charge in [-0.2, -0.15) is 0 Å². The molecule has 2 heterocycles. The maximum Gasteiger partial charge on any atom is 0.174 e. The van der Waals surface area contributed by atoms with E-state index in [0.717, 1.165) is 50.0 Å². The highest BCUT2D eigenvalue weighted by atomic mass is 35.5. The largest absolute Gasteiger partial charge is 0.355 e. The van der Waals surface area contributed by atoms with Crippen LogP contribution in [0.2, 0.25) is 5.02 Å². The number of hydrogen-bond acceptors (Lipinski definition) is 3. The van der Waals surface area contributed by atoms with E-state index < -0.39 is 0 Å². The van der Waals surface area contributed by atoms with Crippen LogP contribution >= 0.6 is 11.6 Å². The molecule has 0 aliphatic carbocycles. The summed E-state index contributed by atoms with van der Waals surface area (Å²) in [4.78, 5) is 3.48. The number of hydrogen-bond donors (Lipinski definition) is 2. The molecule has 0 spiro atoms. The Hall–Kier alpha value is -3.08. The molecule has 0 amide bonds. The number of aromatic nitrogens is 2. The van der Waals surface area contributed by atoms with E-state index in [1.54, 1.807) is 0 Å². The third kappa shape index (κ3) is 2.79. The number of halogens is 1. The second-order valence-electron chi connectivity index (χ2n) is 6.56. The minimum absolute atomic E-state index is 0.534. The van der Waals surface area contributed by atoms with Crippen molar-refractivity contribution >= 4 is 33.4 Å². The molecule has 3 aromatic carbocycles. The van der Waals surface area contributed by atoms with Gasteiger partial charge < -0.3 is 15.2 Å². The Morgan fingerprint density at radius 1 is 0.963 bits per heavy atom. The molecule has 0 atom stereocenters. The van der Waals surface area contributed by atoms with Crippen molar-refractivity contribution in [1.82, 2.24) is 10.1 Å². The molecule has 0 aliphatic rings. The lowest BCUT2D eigenvalue weighted by molar-refractivity contribution is 0.441. The first-order chi connectivity index (χ1) is 13.2. The van der Waals surface area contributed by atoms with Gasteiger partial charge in [-0.05, 0) is 53.6 Å². The first-order valence-corrected chi connectivity index (χ1v) is 9.06. The number of rotatable bonds is 3. The van der Waals surface area contributed by atoms with Crippen molar-refractivity contribution in [3.63, 3.8) is 0 Å². The van der Waals surface area contributed by atoms with Crippen molar-refractivity contribution in [2.75, 3.05) is 0 Å². The molecule has 132 valence electrons. The van der Waals surface area contributed by atoms with Crippen LogP contribution in [-0.2, 0) is 6.54 Å². The van der Waals surface area contributed by atoms with E-state index in [9.17, 15) is 0 Å². The first kappa shape index (κ1) is 16.1. The van der Waals surface area contributed by atoms with Crippen molar-refractivity contribution < 1.29 is 4.52 Å². The summed E-state index contributed by atoms with van der Waals surface area (Å²) in [5.41, 5.74) is 11.8. The Balaban J connectivity index is 1.65. The molecule has 5 aromatic rings. The third-order valence-corrected chi connectivity index (χ3v) is 5.03. The predicted molar refractivity (Wildman–Crippen MR) is 110 cm³/mol. The maximum absolute atomic E-state index is 6.13. The summed E-state index contributed by atoms with van der Waals surface area (Å²) in [5, 5.41) is 6.95. The molecule has 0 bridgehead atoms. The van der Waals surface area contributed by atoms with E-state index >= 15 is 0 Å². The van der Waals surface area contributed by atoms with Crippen LogP contribution in [0.4, 0.5) is 0 Å². The second-order valence-corrected chi connectivity index (χ2v) is 7.00. The zero-order valence-corrected chi connectivity index (χ0v) is 15.1. The van der Waals surface area contributed by atoms with Crippen molar-refractivity contribution in [3.05, 3.63) is 77.3 Å². The molecule has 27 heavy (non-hydrogen) atoms. The van der Waals surface area contributed by atoms with Crippen LogP contribution in [0.1, 0.15) is 5.56 Å². The molecule has 0 aliphatic heterocycles. The Kier molecular flexibility index (Phi) is 3.74. The molecule has 5 heteroatoms. The van der Waals surface area contributed by atoms with E-state index in [4.69, 9.17) is 21.9 Å². The Labute approximate surface area is 160 Å². The second kappa shape index (κ2) is 6.27. The monoisotopic (exact) mass is 373 g/mol. The summed E-state index contributed by atoms with van der Waals surface area (Å²) in [5.74, 6) is 0.718. The molecule has 5 rings (SSSR count). The van der Waals surface area contributed by atoms with E-state index in [0.29, 0.717) is 11.6 Å². The van der Waals surface area contributed by atoms with Crippen LogP contribution in [0.15, 0.2) is 71.3 Å². The zero-order valence-electron chi connectivity index (χ0n) is 14.4. The lowest BCUT2D eigenvalue weighted by Gasteiger charge is -2.00. The molecule has 0 unspecified atom stereocenters. The van der Waals surface area contributed by atoms with Crippen LogP contribution in [-0.4, -0.2) is 10.1 Å². The number of H-pyrrole nitrogens is 1. The van der Waals surface area contributed by atoms with E-state index in [1.165, 1.54) is 0 Å². The smallest absolute Gasteiger partial charge is 0.174 e. The normalized spacial score (nSPS) is 11.5. The number of nitrogens with zero attached hydrogens (tertiary/aromatic N) is 1. The standard InChI is InChI=1S/C22H16ClN3O/c23-17-3-1-2-15(9-17)22-18-10-14(5-7-20(18)26-27-22)21-11-16-8-13(12-24)4-6-19(16)25-21/h1-11,25H,12,24H2. The number of aromatic amines is 1. The minimum atomic E-state index is 0.534. The van der Waals surface area contributed by atoms with Gasteiger partial charge in [-0.15, -0.1) is 0 Å². The van der Waals surface area contributed by atoms with Crippen LogP contribution in [0, 0.1) is 0 Å². The van der Waals surface area contributed by atoms with Crippen LogP contribution in [0.3, 0.4) is 0 Å². The van der Waals surface area contributed by atoms with Crippen molar-refractivity contribution in [2.24, 2.45) is 5.73 Å². The number of fused-ring (bicyclic) bond motifs is 2. The molecular formula is C22H16ClN3O. The average Bonchev–Trinajstić information content (AvgIpc) is 3.30. The van der Waals surface area contributed by atoms with Gasteiger partial charge in [0.25, 0.3) is 0 Å². The van der Waals surface area contributed by atoms with Crippen LogP contribution in [0.5, 0.6) is 0 Å². The summed E-state index contributed by atoms with van der Waals surface area (Å²) in [6, 6.07) is 22.1. The molecule has 0 saturated carbocycles. The van der Waals surface area contributed by atoms with Crippen molar-refractivity contribution in [2.45, 2.75) is 6.54 Å². The van der Waals surface area contributed by atoms with Gasteiger partial charge in [-0.1, -0.05) is 41.0 Å². The summed E-state index contributed by atoms with van der Waals surface area (Å²) >= 11 is 6.13. The highest BCUT2D eigenvalue weighted by molar-refractivity contribution is 6.30. The van der Waals surface area contributed by atoms with Gasteiger partial charge in [0.05, 0.1) is 5.39 Å². The van der Waals surface area contributed by atoms with Crippen molar-refractivity contribution in [3.8, 4) is 22.6 Å². The van der Waals surface area contributed by atoms with Gasteiger partial charge >= 0.3 is 0 Å². The van der Waals surface area contributed by atoms with Gasteiger partial charge in [0.15, 0.2) is 5.76 Å². The molecule has 3 N–H and O–H groups in total. The number of nitrogens with two attached hydrogens (primary N) is 1. The average molecular weight is 374 g/mol. The summed E-state index contributed by atoms with van der Waals surface area (Å²) in [6.45, 7) is 0.534. The summed E-state index contributed by atoms with van der Waals surface area (Å²) < 4.78 is 5.60. The molecule has 4 nitrogen and oxygen atoms in total.